The first kappa shape index (κ1) is 19.2. The molecule has 0 fully saturated rings. The number of hydrogen-bond donors (Lipinski definition) is 2. The number of amides is 1. The molecule has 0 atom stereocenters. The van der Waals surface area contributed by atoms with Crippen LogP contribution in [0.5, 0.6) is 0 Å². The number of benzene rings is 1. The lowest BCUT2D eigenvalue weighted by atomic mass is 10.1. The van der Waals surface area contributed by atoms with Crippen LogP contribution in [0.15, 0.2) is 30.5 Å². The third-order valence-electron chi connectivity index (χ3n) is 3.78. The highest BCUT2D eigenvalue weighted by Gasteiger charge is 2.09. The van der Waals surface area contributed by atoms with E-state index >= 15 is 0 Å². The molecule has 0 spiro atoms. The zero-order chi connectivity index (χ0) is 18.4. The van der Waals surface area contributed by atoms with Gasteiger partial charge in [-0.1, -0.05) is 17.7 Å². The zero-order valence-corrected chi connectivity index (χ0v) is 15.9. The van der Waals surface area contributed by atoms with Crippen molar-refractivity contribution in [2.45, 2.75) is 20.3 Å². The van der Waals surface area contributed by atoms with Crippen LogP contribution >= 0.6 is 11.6 Å². The van der Waals surface area contributed by atoms with E-state index in [1.165, 1.54) is 0 Å². The zero-order valence-electron chi connectivity index (χ0n) is 15.2. The SMILES string of the molecule is Cc1cc(C)c(Nc2ccc(C(=O)NCCCN(C)C)cn2)c(Cl)c1. The number of hydrogen-bond acceptors (Lipinski definition) is 4. The van der Waals surface area contributed by atoms with Gasteiger partial charge in [0.1, 0.15) is 5.82 Å². The summed E-state index contributed by atoms with van der Waals surface area (Å²) < 4.78 is 0. The summed E-state index contributed by atoms with van der Waals surface area (Å²) in [6, 6.07) is 7.51. The molecule has 0 saturated carbocycles. The molecule has 0 unspecified atom stereocenters. The number of nitrogens with zero attached hydrogens (tertiary/aromatic N) is 2. The Labute approximate surface area is 154 Å². The fourth-order valence-corrected chi connectivity index (χ4v) is 2.87. The lowest BCUT2D eigenvalue weighted by molar-refractivity contribution is 0.0952. The molecule has 0 aliphatic carbocycles. The van der Waals surface area contributed by atoms with Gasteiger partial charge in [0.05, 0.1) is 16.3 Å². The molecular formula is C19H25ClN4O. The molecule has 2 N–H and O–H groups in total. The first-order valence-electron chi connectivity index (χ1n) is 8.29. The second kappa shape index (κ2) is 8.83. The van der Waals surface area contributed by atoms with Crippen LogP contribution in [0.1, 0.15) is 27.9 Å². The van der Waals surface area contributed by atoms with E-state index in [-0.39, 0.29) is 5.91 Å². The Kier molecular flexibility index (Phi) is 6.79. The van der Waals surface area contributed by atoms with Gasteiger partial charge in [0, 0.05) is 12.7 Å². The number of rotatable bonds is 7. The Balaban J connectivity index is 1.97. The van der Waals surface area contributed by atoms with Gasteiger partial charge in [0.15, 0.2) is 0 Å². The summed E-state index contributed by atoms with van der Waals surface area (Å²) in [5, 5.41) is 6.77. The van der Waals surface area contributed by atoms with E-state index in [2.05, 4.69) is 26.6 Å². The predicted molar refractivity (Wildman–Crippen MR) is 104 cm³/mol. The van der Waals surface area contributed by atoms with Crippen molar-refractivity contribution in [3.8, 4) is 0 Å². The van der Waals surface area contributed by atoms with E-state index < -0.39 is 0 Å². The molecule has 2 aromatic rings. The average Bonchev–Trinajstić information content (AvgIpc) is 2.55. The van der Waals surface area contributed by atoms with Gasteiger partial charge in [-0.15, -0.1) is 0 Å². The van der Waals surface area contributed by atoms with Gasteiger partial charge in [-0.3, -0.25) is 4.79 Å². The van der Waals surface area contributed by atoms with Crippen molar-refractivity contribution in [3.05, 3.63) is 52.2 Å². The number of aromatic nitrogens is 1. The molecule has 0 bridgehead atoms. The van der Waals surface area contributed by atoms with Gasteiger partial charge < -0.3 is 15.5 Å². The van der Waals surface area contributed by atoms with Gasteiger partial charge in [-0.2, -0.15) is 0 Å². The van der Waals surface area contributed by atoms with Crippen molar-refractivity contribution in [2.24, 2.45) is 0 Å². The fourth-order valence-electron chi connectivity index (χ4n) is 2.50. The van der Waals surface area contributed by atoms with Crippen LogP contribution in [0.2, 0.25) is 5.02 Å². The monoisotopic (exact) mass is 360 g/mol. The summed E-state index contributed by atoms with van der Waals surface area (Å²) in [6.07, 6.45) is 2.48. The predicted octanol–water partition coefficient (Wildman–Crippen LogP) is 3.78. The Morgan fingerprint density at radius 1 is 1.24 bits per heavy atom. The maximum atomic E-state index is 12.1. The molecule has 0 radical (unpaired) electrons. The van der Waals surface area contributed by atoms with E-state index in [0.717, 1.165) is 29.8 Å². The molecule has 1 heterocycles. The summed E-state index contributed by atoms with van der Waals surface area (Å²) in [5.41, 5.74) is 3.54. The molecular weight excluding hydrogens is 336 g/mol. The van der Waals surface area contributed by atoms with Crippen LogP contribution in [0.25, 0.3) is 0 Å². The van der Waals surface area contributed by atoms with Crippen LogP contribution in [0.3, 0.4) is 0 Å². The second-order valence-electron chi connectivity index (χ2n) is 6.41. The maximum absolute atomic E-state index is 12.1. The van der Waals surface area contributed by atoms with E-state index in [1.807, 2.05) is 34.0 Å². The smallest absolute Gasteiger partial charge is 0.252 e. The number of anilines is 2. The summed E-state index contributed by atoms with van der Waals surface area (Å²) in [5.74, 6) is 0.542. The largest absolute Gasteiger partial charge is 0.352 e. The average molecular weight is 361 g/mol. The van der Waals surface area contributed by atoms with Crippen LogP contribution in [-0.4, -0.2) is 43.0 Å². The molecule has 5 nitrogen and oxygen atoms in total. The number of pyridine rings is 1. The number of carbonyl (C=O) groups excluding carboxylic acids is 1. The van der Waals surface area contributed by atoms with Gasteiger partial charge in [-0.25, -0.2) is 4.98 Å². The van der Waals surface area contributed by atoms with Crippen molar-refractivity contribution < 1.29 is 4.79 Å². The van der Waals surface area contributed by atoms with E-state index in [0.29, 0.717) is 22.9 Å². The van der Waals surface area contributed by atoms with Gasteiger partial charge in [-0.05, 0) is 70.2 Å². The fraction of sp³-hybridized carbons (Fsp3) is 0.368. The number of carbonyl (C=O) groups is 1. The standard InChI is InChI=1S/C19H25ClN4O/c1-13-10-14(2)18(16(20)11-13)23-17-7-6-15(12-22-17)19(25)21-8-5-9-24(3)4/h6-7,10-12H,5,8-9H2,1-4H3,(H,21,25)(H,22,23). The number of nitrogens with one attached hydrogen (secondary N) is 2. The molecule has 1 aromatic heterocycles. The normalized spacial score (nSPS) is 10.8. The molecule has 1 amide bonds. The van der Waals surface area contributed by atoms with Crippen LogP contribution in [0, 0.1) is 13.8 Å². The quantitative estimate of drug-likeness (QED) is 0.738. The molecule has 25 heavy (non-hydrogen) atoms. The number of halogens is 1. The van der Waals surface area contributed by atoms with Crippen molar-refractivity contribution in [1.82, 2.24) is 15.2 Å². The number of aryl methyl sites for hydroxylation is 2. The van der Waals surface area contributed by atoms with Gasteiger partial charge in [0.25, 0.3) is 5.91 Å². The van der Waals surface area contributed by atoms with Crippen molar-refractivity contribution in [1.29, 1.82) is 0 Å². The minimum Gasteiger partial charge on any atom is -0.352 e. The molecule has 1 aromatic carbocycles. The van der Waals surface area contributed by atoms with Crippen molar-refractivity contribution in [2.75, 3.05) is 32.5 Å². The van der Waals surface area contributed by atoms with Crippen molar-refractivity contribution in [3.63, 3.8) is 0 Å². The highest BCUT2D eigenvalue weighted by Crippen LogP contribution is 2.29. The Hall–Kier alpha value is -2.11. The van der Waals surface area contributed by atoms with E-state index in [9.17, 15) is 4.79 Å². The van der Waals surface area contributed by atoms with E-state index in [4.69, 9.17) is 11.6 Å². The summed E-state index contributed by atoms with van der Waals surface area (Å²) >= 11 is 6.30. The molecule has 134 valence electrons. The third-order valence-corrected chi connectivity index (χ3v) is 4.08. The van der Waals surface area contributed by atoms with Gasteiger partial charge >= 0.3 is 0 Å². The molecule has 0 saturated heterocycles. The lowest BCUT2D eigenvalue weighted by Gasteiger charge is -2.12. The summed E-state index contributed by atoms with van der Waals surface area (Å²) in [6.45, 7) is 5.59. The summed E-state index contributed by atoms with van der Waals surface area (Å²) in [4.78, 5) is 18.5. The van der Waals surface area contributed by atoms with Crippen LogP contribution in [-0.2, 0) is 0 Å². The Morgan fingerprint density at radius 3 is 2.60 bits per heavy atom. The first-order chi connectivity index (χ1) is 11.9. The lowest BCUT2D eigenvalue weighted by Crippen LogP contribution is -2.27. The molecule has 0 aliphatic heterocycles. The second-order valence-corrected chi connectivity index (χ2v) is 6.82. The minimum absolute atomic E-state index is 0.109. The molecule has 2 rings (SSSR count). The van der Waals surface area contributed by atoms with Crippen LogP contribution in [0.4, 0.5) is 11.5 Å². The van der Waals surface area contributed by atoms with Crippen LogP contribution < -0.4 is 10.6 Å². The van der Waals surface area contributed by atoms with Gasteiger partial charge in [0.2, 0.25) is 0 Å². The molecule has 0 aliphatic rings. The minimum atomic E-state index is -0.109. The maximum Gasteiger partial charge on any atom is 0.252 e. The topological polar surface area (TPSA) is 57.3 Å². The first-order valence-corrected chi connectivity index (χ1v) is 8.67. The van der Waals surface area contributed by atoms with E-state index in [1.54, 1.807) is 18.3 Å². The summed E-state index contributed by atoms with van der Waals surface area (Å²) in [7, 11) is 4.03. The van der Waals surface area contributed by atoms with Crippen molar-refractivity contribution >= 4 is 29.0 Å². The highest BCUT2D eigenvalue weighted by molar-refractivity contribution is 6.33. The third kappa shape index (κ3) is 5.73. The Morgan fingerprint density at radius 2 is 2.00 bits per heavy atom. The Bertz CT molecular complexity index is 706. The highest BCUT2D eigenvalue weighted by atomic mass is 35.5. The molecule has 6 heteroatoms.